The number of amides is 2. The number of nitrogens with two attached hydrogens (primary N) is 1. The lowest BCUT2D eigenvalue weighted by Crippen LogP contribution is -2.33. The van der Waals surface area contributed by atoms with E-state index >= 15 is 0 Å². The Bertz CT molecular complexity index is 468. The number of carbonyl (C=O) groups is 3. The zero-order valence-corrected chi connectivity index (χ0v) is 9.70. The van der Waals surface area contributed by atoms with Crippen LogP contribution in [-0.4, -0.2) is 34.1 Å². The standard InChI is InChI=1S/C11H10N2O3S/c12-8-3-1-7(2-4-8)9(14)5-13-10(15)6-17-11(13)16/h1-4H,5-6,12H2. The molecule has 0 atom stereocenters. The Kier molecular flexibility index (Phi) is 3.14. The molecule has 0 aromatic heterocycles. The Morgan fingerprint density at radius 2 is 1.94 bits per heavy atom. The summed E-state index contributed by atoms with van der Waals surface area (Å²) >= 11 is 0.918. The molecule has 1 saturated heterocycles. The van der Waals surface area contributed by atoms with Gasteiger partial charge in [0.2, 0.25) is 5.91 Å². The number of nitrogen functional groups attached to an aromatic ring is 1. The van der Waals surface area contributed by atoms with Crippen molar-refractivity contribution in [2.45, 2.75) is 0 Å². The van der Waals surface area contributed by atoms with Crippen LogP contribution in [0.5, 0.6) is 0 Å². The summed E-state index contributed by atoms with van der Waals surface area (Å²) in [4.78, 5) is 35.4. The molecule has 0 aliphatic carbocycles. The van der Waals surface area contributed by atoms with Gasteiger partial charge in [-0.2, -0.15) is 0 Å². The molecule has 0 unspecified atom stereocenters. The van der Waals surface area contributed by atoms with Crippen LogP contribution >= 0.6 is 11.8 Å². The van der Waals surface area contributed by atoms with Gasteiger partial charge in [-0.1, -0.05) is 11.8 Å². The van der Waals surface area contributed by atoms with E-state index in [0.29, 0.717) is 11.3 Å². The highest BCUT2D eigenvalue weighted by Crippen LogP contribution is 2.19. The number of imide groups is 1. The minimum Gasteiger partial charge on any atom is -0.399 e. The Morgan fingerprint density at radius 1 is 1.29 bits per heavy atom. The van der Waals surface area contributed by atoms with E-state index in [1.165, 1.54) is 0 Å². The van der Waals surface area contributed by atoms with Gasteiger partial charge in [0.25, 0.3) is 5.24 Å². The first-order chi connectivity index (χ1) is 8.08. The molecule has 88 valence electrons. The van der Waals surface area contributed by atoms with Crippen molar-refractivity contribution < 1.29 is 14.4 Å². The van der Waals surface area contributed by atoms with Gasteiger partial charge in [-0.15, -0.1) is 0 Å². The Balaban J connectivity index is 2.09. The van der Waals surface area contributed by atoms with Crippen molar-refractivity contribution in [1.82, 2.24) is 4.90 Å². The van der Waals surface area contributed by atoms with Crippen molar-refractivity contribution in [3.05, 3.63) is 29.8 Å². The van der Waals surface area contributed by atoms with Crippen molar-refractivity contribution in [2.24, 2.45) is 0 Å². The van der Waals surface area contributed by atoms with Gasteiger partial charge in [0.1, 0.15) is 0 Å². The van der Waals surface area contributed by atoms with Crippen LogP contribution in [0.4, 0.5) is 10.5 Å². The Morgan fingerprint density at radius 3 is 2.47 bits per heavy atom. The second kappa shape index (κ2) is 4.58. The maximum absolute atomic E-state index is 11.8. The van der Waals surface area contributed by atoms with E-state index in [4.69, 9.17) is 5.73 Å². The number of hydrogen-bond donors (Lipinski definition) is 1. The highest BCUT2D eigenvalue weighted by molar-refractivity contribution is 8.14. The number of rotatable bonds is 3. The zero-order chi connectivity index (χ0) is 12.4. The summed E-state index contributed by atoms with van der Waals surface area (Å²) in [5.41, 5.74) is 6.50. The highest BCUT2D eigenvalue weighted by Gasteiger charge is 2.31. The molecule has 5 nitrogen and oxygen atoms in total. The van der Waals surface area contributed by atoms with Crippen LogP contribution in [0.15, 0.2) is 24.3 Å². The minimum atomic E-state index is -0.362. The van der Waals surface area contributed by atoms with Crippen LogP contribution in [-0.2, 0) is 4.79 Å². The van der Waals surface area contributed by atoms with E-state index < -0.39 is 0 Å². The first-order valence-corrected chi connectivity index (χ1v) is 5.92. The quantitative estimate of drug-likeness (QED) is 0.643. The van der Waals surface area contributed by atoms with Crippen molar-refractivity contribution in [2.75, 3.05) is 18.0 Å². The Hall–Kier alpha value is -1.82. The molecular weight excluding hydrogens is 240 g/mol. The summed E-state index contributed by atoms with van der Waals surface area (Å²) in [5.74, 6) is -0.466. The second-order valence-corrected chi connectivity index (χ2v) is 4.51. The molecule has 1 fully saturated rings. The third-order valence-corrected chi connectivity index (χ3v) is 3.23. The number of Topliss-reactive ketones (excluding diaryl/α,β-unsaturated/α-hetero) is 1. The van der Waals surface area contributed by atoms with Crippen LogP contribution in [0.3, 0.4) is 0 Å². The largest absolute Gasteiger partial charge is 0.399 e. The second-order valence-electron chi connectivity index (χ2n) is 3.58. The number of benzene rings is 1. The lowest BCUT2D eigenvalue weighted by atomic mass is 10.1. The van der Waals surface area contributed by atoms with E-state index in [-0.39, 0.29) is 29.2 Å². The average Bonchev–Trinajstić information content (AvgIpc) is 2.61. The minimum absolute atomic E-state index is 0.119. The average molecular weight is 250 g/mol. The lowest BCUT2D eigenvalue weighted by Gasteiger charge is -2.11. The van der Waals surface area contributed by atoms with Crippen molar-refractivity contribution in [1.29, 1.82) is 0 Å². The predicted octanol–water partition coefficient (Wildman–Crippen LogP) is 1.15. The van der Waals surface area contributed by atoms with Crippen LogP contribution < -0.4 is 5.73 Å². The van der Waals surface area contributed by atoms with Crippen molar-refractivity contribution in [3.8, 4) is 0 Å². The van der Waals surface area contributed by atoms with Crippen LogP contribution in [0.1, 0.15) is 10.4 Å². The number of ketones is 1. The van der Waals surface area contributed by atoms with Gasteiger partial charge >= 0.3 is 0 Å². The first-order valence-electron chi connectivity index (χ1n) is 4.94. The topological polar surface area (TPSA) is 80.5 Å². The van der Waals surface area contributed by atoms with Crippen molar-refractivity contribution in [3.63, 3.8) is 0 Å². The van der Waals surface area contributed by atoms with Crippen molar-refractivity contribution >= 4 is 34.4 Å². The van der Waals surface area contributed by atoms with Crippen LogP contribution in [0, 0.1) is 0 Å². The molecule has 2 N–H and O–H groups in total. The van der Waals surface area contributed by atoms with E-state index in [1.54, 1.807) is 24.3 Å². The van der Waals surface area contributed by atoms with Crippen LogP contribution in [0.2, 0.25) is 0 Å². The summed E-state index contributed by atoms with van der Waals surface area (Å²) in [5, 5.41) is -0.362. The third kappa shape index (κ3) is 2.47. The highest BCUT2D eigenvalue weighted by atomic mass is 32.2. The molecule has 2 amide bonds. The Labute approximate surface area is 102 Å². The maximum Gasteiger partial charge on any atom is 0.289 e. The molecule has 1 aromatic carbocycles. The lowest BCUT2D eigenvalue weighted by molar-refractivity contribution is -0.124. The van der Waals surface area contributed by atoms with Crippen LogP contribution in [0.25, 0.3) is 0 Å². The molecule has 2 rings (SSSR count). The molecule has 17 heavy (non-hydrogen) atoms. The monoisotopic (exact) mass is 250 g/mol. The normalized spacial score (nSPS) is 15.4. The molecule has 1 aliphatic rings. The van der Waals surface area contributed by atoms with Gasteiger partial charge in [-0.3, -0.25) is 19.3 Å². The molecule has 1 aromatic rings. The van der Waals surface area contributed by atoms with E-state index in [9.17, 15) is 14.4 Å². The van der Waals surface area contributed by atoms with Gasteiger partial charge in [-0.25, -0.2) is 0 Å². The number of hydrogen-bond acceptors (Lipinski definition) is 5. The number of thioether (sulfide) groups is 1. The van der Waals surface area contributed by atoms with Gasteiger partial charge in [-0.05, 0) is 24.3 Å². The SMILES string of the molecule is Nc1ccc(C(=O)CN2C(=O)CSC2=O)cc1. The number of carbonyl (C=O) groups excluding carboxylic acids is 3. The summed E-state index contributed by atoms with van der Waals surface area (Å²) in [7, 11) is 0. The molecular formula is C11H10N2O3S. The molecule has 0 bridgehead atoms. The van der Waals surface area contributed by atoms with Gasteiger partial charge in [0.15, 0.2) is 5.78 Å². The van der Waals surface area contributed by atoms with E-state index in [0.717, 1.165) is 16.7 Å². The zero-order valence-electron chi connectivity index (χ0n) is 8.88. The summed E-state index contributed by atoms with van der Waals surface area (Å²) in [6.45, 7) is -0.200. The fraction of sp³-hybridized carbons (Fsp3) is 0.182. The molecule has 0 radical (unpaired) electrons. The summed E-state index contributed by atoms with van der Waals surface area (Å²) < 4.78 is 0. The molecule has 1 aliphatic heterocycles. The fourth-order valence-electron chi connectivity index (χ4n) is 1.44. The predicted molar refractivity (Wildman–Crippen MR) is 64.8 cm³/mol. The van der Waals surface area contributed by atoms with Gasteiger partial charge < -0.3 is 5.73 Å². The smallest absolute Gasteiger partial charge is 0.289 e. The molecule has 6 heteroatoms. The van der Waals surface area contributed by atoms with Gasteiger partial charge in [0.05, 0.1) is 12.3 Å². The third-order valence-electron chi connectivity index (χ3n) is 2.37. The van der Waals surface area contributed by atoms with Gasteiger partial charge in [0, 0.05) is 11.3 Å². The molecule has 1 heterocycles. The fourth-order valence-corrected chi connectivity index (χ4v) is 2.16. The van der Waals surface area contributed by atoms with E-state index in [2.05, 4.69) is 0 Å². The molecule has 0 spiro atoms. The first kappa shape index (κ1) is 11.7. The summed E-state index contributed by atoms with van der Waals surface area (Å²) in [6, 6.07) is 6.37. The summed E-state index contributed by atoms with van der Waals surface area (Å²) in [6.07, 6.45) is 0. The maximum atomic E-state index is 11.8. The molecule has 0 saturated carbocycles. The van der Waals surface area contributed by atoms with E-state index in [1.807, 2.05) is 0 Å². The number of nitrogens with zero attached hydrogens (tertiary/aromatic N) is 1. The number of anilines is 1.